The van der Waals surface area contributed by atoms with Gasteiger partial charge in [-0.25, -0.2) is 18.0 Å². The molecule has 0 unspecified atom stereocenters. The van der Waals surface area contributed by atoms with E-state index in [4.69, 9.17) is 13.9 Å². The van der Waals surface area contributed by atoms with Crippen LogP contribution < -0.4 is 10.9 Å². The van der Waals surface area contributed by atoms with E-state index in [0.29, 0.717) is 16.6 Å². The van der Waals surface area contributed by atoms with Crippen molar-refractivity contribution in [1.29, 1.82) is 0 Å². The normalized spacial score (nSPS) is 18.6. The standard InChI is InChI=1S/C25H26N2O8S/c1-15-12-27(13-16(2)34-15)36(31,32)21-6-4-5-18(9-21)25(30)33-14-19-10-24(29)35-23-11-20(26-17(3)28)7-8-22(19)23/h4-11,15-16H,12-14H2,1-3H3,(H,26,28)/t15-,16-/m1/s1. The molecule has 1 N–H and O–H groups in total. The lowest BCUT2D eigenvalue weighted by molar-refractivity contribution is -0.114. The molecule has 2 atom stereocenters. The predicted octanol–water partition coefficient (Wildman–Crippen LogP) is 2.91. The Morgan fingerprint density at radius 3 is 2.50 bits per heavy atom. The fourth-order valence-corrected chi connectivity index (χ4v) is 5.75. The number of morpholine rings is 1. The van der Waals surface area contributed by atoms with Crippen molar-refractivity contribution < 1.29 is 31.9 Å². The molecule has 1 aliphatic rings. The molecule has 2 aromatic carbocycles. The predicted molar refractivity (Wildman–Crippen MR) is 131 cm³/mol. The van der Waals surface area contributed by atoms with Crippen LogP contribution >= 0.6 is 0 Å². The van der Waals surface area contributed by atoms with Gasteiger partial charge in [0.25, 0.3) is 0 Å². The smallest absolute Gasteiger partial charge is 0.338 e. The highest BCUT2D eigenvalue weighted by molar-refractivity contribution is 7.89. The second-order valence-corrected chi connectivity index (χ2v) is 10.6. The third-order valence-corrected chi connectivity index (χ3v) is 7.43. The van der Waals surface area contributed by atoms with Crippen molar-refractivity contribution in [2.45, 2.75) is 44.5 Å². The van der Waals surface area contributed by atoms with E-state index >= 15 is 0 Å². The second kappa shape index (κ2) is 10.2. The van der Waals surface area contributed by atoms with E-state index in [1.54, 1.807) is 26.0 Å². The molecule has 0 spiro atoms. The monoisotopic (exact) mass is 514 g/mol. The van der Waals surface area contributed by atoms with E-state index in [1.165, 1.54) is 47.6 Å². The van der Waals surface area contributed by atoms with E-state index in [9.17, 15) is 22.8 Å². The van der Waals surface area contributed by atoms with Gasteiger partial charge in [-0.1, -0.05) is 6.07 Å². The Kier molecular flexibility index (Phi) is 7.25. The average molecular weight is 515 g/mol. The number of anilines is 1. The first kappa shape index (κ1) is 25.5. The van der Waals surface area contributed by atoms with Gasteiger partial charge in [-0.3, -0.25) is 4.79 Å². The first-order chi connectivity index (χ1) is 17.0. The van der Waals surface area contributed by atoms with Gasteiger partial charge in [-0.05, 0) is 44.2 Å². The molecule has 4 rings (SSSR count). The highest BCUT2D eigenvalue weighted by atomic mass is 32.2. The summed E-state index contributed by atoms with van der Waals surface area (Å²) in [5.74, 6) is -1.02. The minimum atomic E-state index is -3.84. The van der Waals surface area contributed by atoms with Crippen LogP contribution in [0, 0.1) is 0 Å². The van der Waals surface area contributed by atoms with Crippen LogP contribution in [0.2, 0.25) is 0 Å². The number of nitrogens with zero attached hydrogens (tertiary/aromatic N) is 1. The molecule has 3 aromatic rings. The maximum absolute atomic E-state index is 13.2. The lowest BCUT2D eigenvalue weighted by atomic mass is 10.1. The first-order valence-electron chi connectivity index (χ1n) is 11.3. The Hall–Kier alpha value is -3.54. The van der Waals surface area contributed by atoms with Gasteiger partial charge in [0, 0.05) is 48.8 Å². The third-order valence-electron chi connectivity index (χ3n) is 5.60. The number of sulfonamides is 1. The van der Waals surface area contributed by atoms with Crippen LogP contribution in [0.15, 0.2) is 62.6 Å². The molecule has 0 aliphatic carbocycles. The molecule has 1 amide bonds. The molecule has 36 heavy (non-hydrogen) atoms. The maximum atomic E-state index is 13.2. The Morgan fingerprint density at radius 1 is 1.08 bits per heavy atom. The molecular weight excluding hydrogens is 488 g/mol. The number of fused-ring (bicyclic) bond motifs is 1. The zero-order valence-electron chi connectivity index (χ0n) is 20.0. The van der Waals surface area contributed by atoms with Crippen LogP contribution in [0.4, 0.5) is 5.69 Å². The number of benzene rings is 2. The van der Waals surface area contributed by atoms with E-state index in [1.807, 2.05) is 0 Å². The Morgan fingerprint density at radius 2 is 1.81 bits per heavy atom. The number of rotatable bonds is 6. The quantitative estimate of drug-likeness (QED) is 0.392. The molecule has 190 valence electrons. The number of esters is 1. The lowest BCUT2D eigenvalue weighted by Crippen LogP contribution is -2.48. The van der Waals surface area contributed by atoms with E-state index in [-0.39, 0.29) is 53.9 Å². The van der Waals surface area contributed by atoms with Crippen molar-refractivity contribution in [3.05, 3.63) is 70.1 Å². The molecule has 1 fully saturated rings. The number of hydrogen-bond acceptors (Lipinski definition) is 8. The van der Waals surface area contributed by atoms with Gasteiger partial charge in [-0.15, -0.1) is 0 Å². The molecule has 2 heterocycles. The SMILES string of the molecule is CC(=O)Nc1ccc2c(COC(=O)c3cccc(S(=O)(=O)N4C[C@@H](C)O[C@H](C)C4)c3)cc(=O)oc2c1. The highest BCUT2D eigenvalue weighted by Gasteiger charge is 2.32. The molecule has 11 heteroatoms. The summed E-state index contributed by atoms with van der Waals surface area (Å²) in [7, 11) is -3.84. The lowest BCUT2D eigenvalue weighted by Gasteiger charge is -2.34. The van der Waals surface area contributed by atoms with Crippen LogP contribution in [-0.4, -0.2) is 49.9 Å². The maximum Gasteiger partial charge on any atom is 0.338 e. The average Bonchev–Trinajstić information content (AvgIpc) is 2.81. The van der Waals surface area contributed by atoms with Crippen LogP contribution in [0.5, 0.6) is 0 Å². The zero-order chi connectivity index (χ0) is 26.0. The Balaban J connectivity index is 1.53. The van der Waals surface area contributed by atoms with Gasteiger partial charge in [0.1, 0.15) is 12.2 Å². The summed E-state index contributed by atoms with van der Waals surface area (Å²) < 4.78 is 43.9. The first-order valence-corrected chi connectivity index (χ1v) is 12.7. The second-order valence-electron chi connectivity index (χ2n) is 8.67. The van der Waals surface area contributed by atoms with Gasteiger partial charge in [0.15, 0.2) is 0 Å². The summed E-state index contributed by atoms with van der Waals surface area (Å²) in [5, 5.41) is 3.14. The number of carbonyl (C=O) groups excluding carboxylic acids is 2. The van der Waals surface area contributed by atoms with Gasteiger partial charge < -0.3 is 19.2 Å². The van der Waals surface area contributed by atoms with Gasteiger partial charge >= 0.3 is 11.6 Å². The topological polar surface area (TPSA) is 132 Å². The van der Waals surface area contributed by atoms with Crippen molar-refractivity contribution in [2.75, 3.05) is 18.4 Å². The fraction of sp³-hybridized carbons (Fsp3) is 0.320. The largest absolute Gasteiger partial charge is 0.457 e. The zero-order valence-corrected chi connectivity index (χ0v) is 20.8. The van der Waals surface area contributed by atoms with Crippen molar-refractivity contribution in [2.24, 2.45) is 0 Å². The summed E-state index contributed by atoms with van der Waals surface area (Å²) >= 11 is 0. The number of nitrogens with one attached hydrogen (secondary N) is 1. The Bertz CT molecular complexity index is 1470. The van der Waals surface area contributed by atoms with Gasteiger partial charge in [-0.2, -0.15) is 4.31 Å². The minimum Gasteiger partial charge on any atom is -0.457 e. The molecule has 1 aliphatic heterocycles. The minimum absolute atomic E-state index is 0.0189. The van der Waals surface area contributed by atoms with Crippen LogP contribution in [0.3, 0.4) is 0 Å². The van der Waals surface area contributed by atoms with Crippen LogP contribution in [-0.2, 0) is 30.9 Å². The van der Waals surface area contributed by atoms with Crippen molar-refractivity contribution >= 4 is 38.6 Å². The molecule has 0 bridgehead atoms. The molecule has 0 saturated carbocycles. The molecule has 0 radical (unpaired) electrons. The summed E-state index contributed by atoms with van der Waals surface area (Å²) in [6, 6.07) is 11.6. The number of amides is 1. The van der Waals surface area contributed by atoms with Gasteiger partial charge in [0.05, 0.1) is 22.7 Å². The molecule has 10 nitrogen and oxygen atoms in total. The summed E-state index contributed by atoms with van der Waals surface area (Å²) in [5.41, 5.74) is 0.501. The number of carbonyl (C=O) groups is 2. The van der Waals surface area contributed by atoms with Crippen molar-refractivity contribution in [3.63, 3.8) is 0 Å². The van der Waals surface area contributed by atoms with E-state index in [2.05, 4.69) is 5.32 Å². The highest BCUT2D eigenvalue weighted by Crippen LogP contribution is 2.24. The molecule has 1 aromatic heterocycles. The molecule has 1 saturated heterocycles. The van der Waals surface area contributed by atoms with Crippen LogP contribution in [0.1, 0.15) is 36.7 Å². The fourth-order valence-electron chi connectivity index (χ4n) is 4.12. The van der Waals surface area contributed by atoms with Gasteiger partial charge in [0.2, 0.25) is 15.9 Å². The number of ether oxygens (including phenoxy) is 2. The van der Waals surface area contributed by atoms with E-state index in [0.717, 1.165) is 0 Å². The Labute approximate surface area is 207 Å². The van der Waals surface area contributed by atoms with Crippen molar-refractivity contribution in [3.8, 4) is 0 Å². The summed E-state index contributed by atoms with van der Waals surface area (Å²) in [6.45, 7) is 5.17. The number of hydrogen-bond donors (Lipinski definition) is 1. The third kappa shape index (κ3) is 5.64. The summed E-state index contributed by atoms with van der Waals surface area (Å²) in [4.78, 5) is 36.1. The van der Waals surface area contributed by atoms with E-state index < -0.39 is 21.6 Å². The molecular formula is C25H26N2O8S. The van der Waals surface area contributed by atoms with Crippen LogP contribution in [0.25, 0.3) is 11.0 Å². The summed E-state index contributed by atoms with van der Waals surface area (Å²) in [6.07, 6.45) is -0.492. The van der Waals surface area contributed by atoms with Crippen molar-refractivity contribution in [1.82, 2.24) is 4.31 Å².